The van der Waals surface area contributed by atoms with E-state index in [9.17, 15) is 42.3 Å². The minimum atomic E-state index is -5.31. The lowest BCUT2D eigenvalue weighted by atomic mass is 10.1. The fourth-order valence-electron chi connectivity index (χ4n) is 4.93. The second-order valence-corrected chi connectivity index (χ2v) is 10.7. The molecule has 0 fully saturated rings. The molecule has 254 valence electrons. The number of para-hydroxylation sites is 1. The minimum absolute atomic E-state index is 0.0639. The highest BCUT2D eigenvalue weighted by atomic mass is 19.4. The Morgan fingerprint density at radius 1 is 0.837 bits per heavy atom. The monoisotopic (exact) mass is 676 g/mol. The first kappa shape index (κ1) is 35.8. The van der Waals surface area contributed by atoms with Crippen molar-refractivity contribution in [1.29, 1.82) is 0 Å². The number of hydrogen-bond donors (Lipinski definition) is 3. The molecule has 0 unspecified atom stereocenters. The maximum atomic E-state index is 12.8. The van der Waals surface area contributed by atoms with Crippen molar-refractivity contribution in [2.24, 2.45) is 11.5 Å². The van der Waals surface area contributed by atoms with E-state index in [0.29, 0.717) is 17.7 Å². The average Bonchev–Trinajstić information content (AvgIpc) is 3.51. The van der Waals surface area contributed by atoms with Gasteiger partial charge >= 0.3 is 18.1 Å². The number of anilines is 2. The molecule has 0 aromatic heterocycles. The van der Waals surface area contributed by atoms with Crippen molar-refractivity contribution in [3.63, 3.8) is 0 Å². The molecule has 11 nitrogen and oxygen atoms in total. The number of carbonyl (C=O) groups is 5. The molecule has 49 heavy (non-hydrogen) atoms. The molecule has 1 aliphatic rings. The van der Waals surface area contributed by atoms with Crippen LogP contribution in [0, 0.1) is 0 Å². The molecule has 0 atom stereocenters. The molecule has 4 aromatic carbocycles. The largest absolute Gasteiger partial charge is 0.508 e. The number of ether oxygens (including phenoxy) is 1. The van der Waals surface area contributed by atoms with Crippen LogP contribution in [-0.2, 0) is 38.5 Å². The van der Waals surface area contributed by atoms with E-state index in [0.717, 1.165) is 28.1 Å². The number of fused-ring (bicyclic) bond motifs is 1. The van der Waals surface area contributed by atoms with Crippen molar-refractivity contribution in [3.8, 4) is 5.75 Å². The smallest absolute Gasteiger partial charge is 0.491 e. The third-order valence-electron chi connectivity index (χ3n) is 7.28. The van der Waals surface area contributed by atoms with Crippen LogP contribution in [0.15, 0.2) is 97.1 Å². The number of amides is 3. The fourth-order valence-corrected chi connectivity index (χ4v) is 4.93. The number of primary amides is 1. The van der Waals surface area contributed by atoms with E-state index < -0.39 is 36.5 Å². The number of hydrogen-bond acceptors (Lipinski definition) is 8. The number of aromatic hydroxyl groups is 1. The van der Waals surface area contributed by atoms with Crippen molar-refractivity contribution in [2.75, 3.05) is 22.9 Å². The zero-order valence-electron chi connectivity index (χ0n) is 25.9. The third kappa shape index (κ3) is 9.51. The van der Waals surface area contributed by atoms with Crippen molar-refractivity contribution < 1.29 is 47.0 Å². The van der Waals surface area contributed by atoms with Crippen molar-refractivity contribution in [3.05, 3.63) is 125 Å². The first-order chi connectivity index (χ1) is 23.3. The summed E-state index contributed by atoms with van der Waals surface area (Å²) in [4.78, 5) is 61.8. The first-order valence-electron chi connectivity index (χ1n) is 14.8. The predicted molar refractivity (Wildman–Crippen MR) is 172 cm³/mol. The van der Waals surface area contributed by atoms with Crippen LogP contribution in [0.1, 0.15) is 37.4 Å². The van der Waals surface area contributed by atoms with Gasteiger partial charge in [-0.25, -0.2) is 9.59 Å². The van der Waals surface area contributed by atoms with E-state index in [1.807, 2.05) is 6.07 Å². The Bertz CT molecular complexity index is 1870. The van der Waals surface area contributed by atoms with Gasteiger partial charge in [0, 0.05) is 35.6 Å². The molecule has 1 heterocycles. The van der Waals surface area contributed by atoms with Gasteiger partial charge in [0.15, 0.2) is 0 Å². The number of esters is 2. The zero-order valence-corrected chi connectivity index (χ0v) is 25.9. The molecule has 4 aromatic rings. The minimum Gasteiger partial charge on any atom is -0.508 e. The summed E-state index contributed by atoms with van der Waals surface area (Å²) in [6, 6.07) is 25.9. The average molecular weight is 677 g/mol. The van der Waals surface area contributed by atoms with Crippen molar-refractivity contribution >= 4 is 41.0 Å². The van der Waals surface area contributed by atoms with E-state index in [-0.39, 0.29) is 35.9 Å². The molecule has 0 saturated carbocycles. The van der Waals surface area contributed by atoms with E-state index >= 15 is 0 Å². The molecule has 14 heteroatoms. The molecular weight excluding hydrogens is 645 g/mol. The number of phenols is 1. The summed E-state index contributed by atoms with van der Waals surface area (Å²) >= 11 is 0. The SMILES string of the molecule is NC(=O)c1ccc2c(c1)N(C(=O)Cc1cccc(O)c1)CC2.NCc1cccc(C(=O)N(CC(=O)OC(=O)C(F)(F)F)c2ccccc2)c1. The van der Waals surface area contributed by atoms with Crippen LogP contribution in [0.4, 0.5) is 24.5 Å². The lowest BCUT2D eigenvalue weighted by Crippen LogP contribution is -2.39. The number of phenolic OH excluding ortho intramolecular Hbond substituents is 1. The van der Waals surface area contributed by atoms with E-state index in [1.54, 1.807) is 71.6 Å². The Hall–Kier alpha value is -6.02. The van der Waals surface area contributed by atoms with Gasteiger partial charge in [0.25, 0.3) is 5.91 Å². The quantitative estimate of drug-likeness (QED) is 0.185. The lowest BCUT2D eigenvalue weighted by molar-refractivity contribution is -0.201. The van der Waals surface area contributed by atoms with Gasteiger partial charge in [0.2, 0.25) is 11.8 Å². The Balaban J connectivity index is 0.000000225. The number of benzene rings is 4. The zero-order chi connectivity index (χ0) is 35.7. The first-order valence-corrected chi connectivity index (χ1v) is 14.8. The van der Waals surface area contributed by atoms with Gasteiger partial charge in [-0.3, -0.25) is 19.3 Å². The highest BCUT2D eigenvalue weighted by Gasteiger charge is 2.42. The van der Waals surface area contributed by atoms with Crippen LogP contribution < -0.4 is 21.3 Å². The second-order valence-electron chi connectivity index (χ2n) is 10.7. The van der Waals surface area contributed by atoms with Gasteiger partial charge in [-0.15, -0.1) is 0 Å². The van der Waals surface area contributed by atoms with Gasteiger partial charge in [-0.05, 0) is 71.6 Å². The summed E-state index contributed by atoms with van der Waals surface area (Å²) in [5.74, 6) is -5.24. The Morgan fingerprint density at radius 2 is 1.53 bits per heavy atom. The standard InChI is InChI=1S/C18H15F3N2O4.C17H16N2O3/c19-18(20,21)17(26)27-15(24)11-23(14-7-2-1-3-8-14)16(25)13-6-4-5-12(9-13)10-22;18-17(22)13-5-4-12-6-7-19(15(12)10-13)16(21)9-11-2-1-3-14(20)8-11/h1-9H,10-11,22H2;1-5,8,10,20H,6-7,9H2,(H2,18,22). The maximum Gasteiger partial charge on any atom is 0.491 e. The van der Waals surface area contributed by atoms with Crippen LogP contribution >= 0.6 is 0 Å². The summed E-state index contributed by atoms with van der Waals surface area (Å²) < 4.78 is 40.6. The molecule has 0 spiro atoms. The van der Waals surface area contributed by atoms with E-state index in [1.165, 1.54) is 24.3 Å². The van der Waals surface area contributed by atoms with Gasteiger partial charge in [-0.2, -0.15) is 13.2 Å². The summed E-state index contributed by atoms with van der Waals surface area (Å²) in [6.07, 6.45) is -4.35. The fraction of sp³-hybridized carbons (Fsp3) is 0.171. The second kappa shape index (κ2) is 15.7. The molecule has 5 N–H and O–H groups in total. The van der Waals surface area contributed by atoms with E-state index in [2.05, 4.69) is 4.74 Å². The molecule has 1 aliphatic heterocycles. The molecule has 0 bridgehead atoms. The normalized spacial score (nSPS) is 11.9. The number of nitrogens with zero attached hydrogens (tertiary/aromatic N) is 2. The van der Waals surface area contributed by atoms with E-state index in [4.69, 9.17) is 11.5 Å². The van der Waals surface area contributed by atoms with Crippen molar-refractivity contribution in [2.45, 2.75) is 25.6 Å². The summed E-state index contributed by atoms with van der Waals surface area (Å²) in [5.41, 5.74) is 14.9. The highest BCUT2D eigenvalue weighted by Crippen LogP contribution is 2.30. The lowest BCUT2D eigenvalue weighted by Gasteiger charge is -2.22. The third-order valence-corrected chi connectivity index (χ3v) is 7.28. The molecule has 0 saturated heterocycles. The van der Waals surface area contributed by atoms with Crippen LogP contribution in [0.5, 0.6) is 5.75 Å². The number of carbonyl (C=O) groups excluding carboxylic acids is 5. The number of alkyl halides is 3. The topological polar surface area (TPSA) is 173 Å². The Labute approximate surface area is 278 Å². The van der Waals surface area contributed by atoms with Crippen molar-refractivity contribution in [1.82, 2.24) is 0 Å². The van der Waals surface area contributed by atoms with Gasteiger partial charge in [0.1, 0.15) is 12.3 Å². The molecular formula is C35H31F3N4O7. The van der Waals surface area contributed by atoms with Gasteiger partial charge in [0.05, 0.1) is 6.42 Å². The Kier molecular flexibility index (Phi) is 11.5. The van der Waals surface area contributed by atoms with Crippen LogP contribution in [0.2, 0.25) is 0 Å². The molecule has 5 rings (SSSR count). The number of nitrogens with two attached hydrogens (primary N) is 2. The summed E-state index contributed by atoms with van der Waals surface area (Å²) in [6.45, 7) is -0.110. The summed E-state index contributed by atoms with van der Waals surface area (Å²) in [7, 11) is 0. The Morgan fingerprint density at radius 3 is 2.18 bits per heavy atom. The highest BCUT2D eigenvalue weighted by molar-refractivity contribution is 6.09. The molecule has 3 amide bonds. The molecule has 0 aliphatic carbocycles. The predicted octanol–water partition coefficient (Wildman–Crippen LogP) is 4.05. The van der Waals surface area contributed by atoms with Crippen LogP contribution in [-0.4, -0.2) is 54.0 Å². The van der Waals surface area contributed by atoms with Crippen LogP contribution in [0.25, 0.3) is 0 Å². The summed E-state index contributed by atoms with van der Waals surface area (Å²) in [5, 5.41) is 9.47. The number of halogens is 3. The van der Waals surface area contributed by atoms with Gasteiger partial charge < -0.3 is 26.2 Å². The number of rotatable bonds is 8. The molecule has 0 radical (unpaired) electrons. The van der Waals surface area contributed by atoms with Gasteiger partial charge in [-0.1, -0.05) is 48.5 Å². The maximum absolute atomic E-state index is 12.8. The van der Waals surface area contributed by atoms with Crippen LogP contribution in [0.3, 0.4) is 0 Å².